The minimum Gasteiger partial charge on any atom is -0.362 e. The molecular weight excluding hydrogens is 206 g/mol. The van der Waals surface area contributed by atoms with Gasteiger partial charge in [0.1, 0.15) is 0 Å². The Morgan fingerprint density at radius 3 is 2.93 bits per heavy atom. The van der Waals surface area contributed by atoms with Gasteiger partial charge in [-0.2, -0.15) is 0 Å². The van der Waals surface area contributed by atoms with Crippen molar-refractivity contribution < 1.29 is 2.85 Å². The van der Waals surface area contributed by atoms with Gasteiger partial charge in [0.15, 0.2) is 5.11 Å². The number of thiocarbonyl (C=S) groups is 1. The van der Waals surface area contributed by atoms with E-state index in [0.717, 1.165) is 24.3 Å². The van der Waals surface area contributed by atoms with Crippen LogP contribution in [0.15, 0.2) is 18.3 Å². The third-order valence-corrected chi connectivity index (χ3v) is 2.23. The first-order chi connectivity index (χ1) is 7.22. The molecule has 2 N–H and O–H groups in total. The van der Waals surface area contributed by atoms with Crippen molar-refractivity contribution in [3.8, 4) is 0 Å². The molecule has 0 unspecified atom stereocenters. The zero-order chi connectivity index (χ0) is 11.1. The van der Waals surface area contributed by atoms with Crippen molar-refractivity contribution in [2.45, 2.75) is 26.7 Å². The summed E-state index contributed by atoms with van der Waals surface area (Å²) < 4.78 is 0. The maximum Gasteiger partial charge on any atom is 0.170 e. The highest BCUT2D eigenvalue weighted by Gasteiger charge is 1.96. The molecule has 0 atom stereocenters. The van der Waals surface area contributed by atoms with E-state index in [1.54, 1.807) is 6.20 Å². The van der Waals surface area contributed by atoms with Crippen LogP contribution in [0.1, 0.15) is 28.3 Å². The Balaban J connectivity index is 0. The number of hydrogen-bond acceptors (Lipinski definition) is 2. The Hall–Kier alpha value is -1.16. The average Bonchev–Trinajstić information content (AvgIpc) is 2.22. The normalized spacial score (nSPS) is 9.73. The van der Waals surface area contributed by atoms with Crippen molar-refractivity contribution in [2.24, 2.45) is 0 Å². The van der Waals surface area contributed by atoms with Crippen molar-refractivity contribution >= 4 is 23.0 Å². The second kappa shape index (κ2) is 6.35. The lowest BCUT2D eigenvalue weighted by Crippen LogP contribution is -2.29. The Morgan fingerprint density at radius 1 is 1.53 bits per heavy atom. The van der Waals surface area contributed by atoms with Crippen LogP contribution in [0.5, 0.6) is 0 Å². The summed E-state index contributed by atoms with van der Waals surface area (Å²) in [6.07, 6.45) is 4.08. The lowest BCUT2D eigenvalue weighted by atomic mass is 10.3. The number of aryl methyl sites for hydroxylation is 1. The van der Waals surface area contributed by atoms with Gasteiger partial charge in [0, 0.05) is 15.1 Å². The van der Waals surface area contributed by atoms with E-state index >= 15 is 0 Å². The van der Waals surface area contributed by atoms with Gasteiger partial charge in [0.05, 0.1) is 11.9 Å². The van der Waals surface area contributed by atoms with E-state index in [1.807, 2.05) is 19.1 Å². The lowest BCUT2D eigenvalue weighted by Gasteiger charge is -2.09. The van der Waals surface area contributed by atoms with Crippen LogP contribution in [0.25, 0.3) is 0 Å². The second-order valence-corrected chi connectivity index (χ2v) is 3.83. The fourth-order valence-corrected chi connectivity index (χ4v) is 1.32. The van der Waals surface area contributed by atoms with Crippen LogP contribution in [-0.2, 0) is 0 Å². The molecular formula is C11H21N3S. The number of anilines is 1. The molecule has 1 rings (SSSR count). The molecule has 1 aromatic rings. The van der Waals surface area contributed by atoms with Gasteiger partial charge in [-0.15, -0.1) is 0 Å². The Bertz CT molecular complexity index is 317. The molecule has 0 aliphatic carbocycles. The topological polar surface area (TPSA) is 37.0 Å². The fourth-order valence-electron chi connectivity index (χ4n) is 1.10. The Kier molecular flexibility index (Phi) is 5.04. The number of nitrogens with one attached hydrogen (secondary N) is 2. The third-order valence-electron chi connectivity index (χ3n) is 1.99. The molecule has 0 bridgehead atoms. The number of nitrogens with zero attached hydrogens (tertiary/aromatic N) is 1. The molecule has 0 saturated heterocycles. The molecule has 4 heteroatoms. The molecule has 15 heavy (non-hydrogen) atoms. The fraction of sp³-hybridized carbons (Fsp3) is 0.455. The van der Waals surface area contributed by atoms with E-state index in [4.69, 9.17) is 12.2 Å². The highest BCUT2D eigenvalue weighted by atomic mass is 32.1. The van der Waals surface area contributed by atoms with Gasteiger partial charge in [-0.3, -0.25) is 4.98 Å². The van der Waals surface area contributed by atoms with E-state index in [9.17, 15) is 0 Å². The molecule has 1 heterocycles. The molecule has 0 amide bonds. The van der Waals surface area contributed by atoms with E-state index in [0.29, 0.717) is 5.11 Å². The number of hydrogen-bond donors (Lipinski definition) is 2. The summed E-state index contributed by atoms with van der Waals surface area (Å²) in [6, 6.07) is 3.92. The zero-order valence-corrected chi connectivity index (χ0v) is 10.0. The van der Waals surface area contributed by atoms with Crippen LogP contribution in [0.2, 0.25) is 0 Å². The molecule has 0 aliphatic rings. The van der Waals surface area contributed by atoms with Gasteiger partial charge < -0.3 is 10.6 Å². The molecule has 86 valence electrons. The van der Waals surface area contributed by atoms with Crippen molar-refractivity contribution in [3.63, 3.8) is 0 Å². The molecule has 0 fully saturated rings. The summed E-state index contributed by atoms with van der Waals surface area (Å²) in [5.41, 5.74) is 1.93. The van der Waals surface area contributed by atoms with Crippen molar-refractivity contribution in [3.05, 3.63) is 24.0 Å². The highest BCUT2D eigenvalue weighted by molar-refractivity contribution is 7.80. The van der Waals surface area contributed by atoms with E-state index in [-0.39, 0.29) is 2.85 Å². The Labute approximate surface area is 99.3 Å². The maximum atomic E-state index is 5.13. The largest absolute Gasteiger partial charge is 0.362 e. The molecule has 3 nitrogen and oxygen atoms in total. The minimum atomic E-state index is 0. The second-order valence-electron chi connectivity index (χ2n) is 3.42. The smallest absolute Gasteiger partial charge is 0.170 e. The first kappa shape index (κ1) is 11.9. The van der Waals surface area contributed by atoms with Crippen LogP contribution in [0.3, 0.4) is 0 Å². The van der Waals surface area contributed by atoms with Gasteiger partial charge in [-0.05, 0) is 37.7 Å². The highest BCUT2D eigenvalue weighted by Crippen LogP contribution is 2.04. The molecule has 0 spiro atoms. The summed E-state index contributed by atoms with van der Waals surface area (Å²) >= 11 is 5.13. The summed E-state index contributed by atoms with van der Waals surface area (Å²) in [5.74, 6) is 0. The quantitative estimate of drug-likeness (QED) is 0.612. The molecule has 0 saturated carbocycles. The maximum absolute atomic E-state index is 5.13. The average molecular weight is 227 g/mol. The monoisotopic (exact) mass is 227 g/mol. The van der Waals surface area contributed by atoms with E-state index < -0.39 is 0 Å². The zero-order valence-electron chi connectivity index (χ0n) is 9.21. The van der Waals surface area contributed by atoms with E-state index in [1.165, 1.54) is 6.42 Å². The molecule has 0 aromatic carbocycles. The number of rotatable bonds is 4. The van der Waals surface area contributed by atoms with Gasteiger partial charge in [0.25, 0.3) is 0 Å². The predicted octanol–water partition coefficient (Wildman–Crippen LogP) is 2.97. The molecule has 0 aliphatic heterocycles. The molecule has 0 radical (unpaired) electrons. The van der Waals surface area contributed by atoms with Gasteiger partial charge in [-0.25, -0.2) is 0 Å². The first-order valence-corrected chi connectivity index (χ1v) is 5.60. The van der Waals surface area contributed by atoms with Crippen LogP contribution in [0, 0.1) is 6.92 Å². The summed E-state index contributed by atoms with van der Waals surface area (Å²) in [5, 5.41) is 6.89. The predicted molar refractivity (Wildman–Crippen MR) is 72.3 cm³/mol. The van der Waals surface area contributed by atoms with Crippen LogP contribution in [0.4, 0.5) is 5.69 Å². The lowest BCUT2D eigenvalue weighted by molar-refractivity contribution is 0.758. The van der Waals surface area contributed by atoms with Crippen molar-refractivity contribution in [1.82, 2.24) is 10.3 Å². The van der Waals surface area contributed by atoms with Crippen LogP contribution < -0.4 is 10.6 Å². The summed E-state index contributed by atoms with van der Waals surface area (Å²) in [6.45, 7) is 5.03. The summed E-state index contributed by atoms with van der Waals surface area (Å²) in [4.78, 5) is 4.18. The van der Waals surface area contributed by atoms with Crippen molar-refractivity contribution in [2.75, 3.05) is 11.9 Å². The number of unbranched alkanes of at least 4 members (excludes halogenated alkanes) is 1. The van der Waals surface area contributed by atoms with Crippen LogP contribution >= 0.6 is 12.2 Å². The van der Waals surface area contributed by atoms with Crippen molar-refractivity contribution in [1.29, 1.82) is 0 Å². The number of aromatic nitrogens is 1. The SMILES string of the molecule is CCCCNC(=S)Nc1ccc(C)nc1.[HH].[HH]. The standard InChI is InChI=1S/C11H17N3S.2H2/c1-3-4-7-12-11(15)14-10-6-5-9(2)13-8-10;;/h5-6,8H,3-4,7H2,1-2H3,(H2,12,14,15);2*1H. The third kappa shape index (κ3) is 4.74. The van der Waals surface area contributed by atoms with Gasteiger partial charge in [0.2, 0.25) is 0 Å². The Morgan fingerprint density at radius 2 is 2.33 bits per heavy atom. The van der Waals surface area contributed by atoms with Gasteiger partial charge in [-0.1, -0.05) is 13.3 Å². The molecule has 1 aromatic heterocycles. The summed E-state index contributed by atoms with van der Waals surface area (Å²) in [7, 11) is 0. The van der Waals surface area contributed by atoms with E-state index in [2.05, 4.69) is 22.5 Å². The van der Waals surface area contributed by atoms with Gasteiger partial charge >= 0.3 is 0 Å². The number of pyridine rings is 1. The minimum absolute atomic E-state index is 0. The van der Waals surface area contributed by atoms with Crippen LogP contribution in [-0.4, -0.2) is 16.6 Å². The first-order valence-electron chi connectivity index (χ1n) is 5.20.